The number of hydrogen-bond donors (Lipinski definition) is 2. The van der Waals surface area contributed by atoms with E-state index in [9.17, 15) is 0 Å². The van der Waals surface area contributed by atoms with Gasteiger partial charge in [0, 0.05) is 37.9 Å². The zero-order chi connectivity index (χ0) is 20.1. The highest BCUT2D eigenvalue weighted by Crippen LogP contribution is 2.36. The van der Waals surface area contributed by atoms with Crippen molar-refractivity contribution in [1.29, 1.82) is 0 Å². The summed E-state index contributed by atoms with van der Waals surface area (Å²) in [6.45, 7) is 5.60. The molecule has 0 radical (unpaired) electrons. The molecule has 29 heavy (non-hydrogen) atoms. The summed E-state index contributed by atoms with van der Waals surface area (Å²) in [5, 5.41) is 7.44. The number of nitrogens with zero attached hydrogens (tertiary/aromatic N) is 2. The molecule has 0 spiro atoms. The Morgan fingerprint density at radius 1 is 1.10 bits per heavy atom. The fraction of sp³-hybridized carbons (Fsp3) is 0.458. The van der Waals surface area contributed by atoms with Crippen molar-refractivity contribution in [3.8, 4) is 0 Å². The Morgan fingerprint density at radius 2 is 1.83 bits per heavy atom. The van der Waals surface area contributed by atoms with Crippen LogP contribution < -0.4 is 10.6 Å². The predicted octanol–water partition coefficient (Wildman–Crippen LogP) is 3.82. The van der Waals surface area contributed by atoms with Crippen LogP contribution in [0.5, 0.6) is 0 Å². The quantitative estimate of drug-likeness (QED) is 0.680. The Bertz CT molecular complexity index is 782. The summed E-state index contributed by atoms with van der Waals surface area (Å²) in [7, 11) is 2.26. The van der Waals surface area contributed by atoms with Crippen LogP contribution in [0.25, 0.3) is 0 Å². The monoisotopic (exact) mass is 408 g/mol. The van der Waals surface area contributed by atoms with Crippen LogP contribution in [-0.4, -0.2) is 54.2 Å². The maximum atomic E-state index is 5.49. The van der Waals surface area contributed by atoms with Crippen molar-refractivity contribution >= 4 is 23.0 Å². The van der Waals surface area contributed by atoms with Gasteiger partial charge in [0.1, 0.15) is 0 Å². The molecule has 2 N–H and O–H groups in total. The minimum atomic E-state index is 0.597. The van der Waals surface area contributed by atoms with E-state index in [1.54, 1.807) is 0 Å². The highest BCUT2D eigenvalue weighted by atomic mass is 32.1. The molecule has 0 saturated carbocycles. The molecule has 3 aliphatic rings. The Kier molecular flexibility index (Phi) is 6.80. The molecule has 3 fully saturated rings. The van der Waals surface area contributed by atoms with Crippen molar-refractivity contribution in [3.05, 3.63) is 66.2 Å². The van der Waals surface area contributed by atoms with E-state index in [0.29, 0.717) is 6.04 Å². The van der Waals surface area contributed by atoms with Crippen molar-refractivity contribution in [2.75, 3.05) is 38.5 Å². The number of para-hydroxylation sites is 1. The van der Waals surface area contributed by atoms with Crippen molar-refractivity contribution in [1.82, 2.24) is 15.1 Å². The first kappa shape index (κ1) is 20.3. The van der Waals surface area contributed by atoms with Gasteiger partial charge in [-0.3, -0.25) is 4.90 Å². The topological polar surface area (TPSA) is 30.5 Å². The average Bonchev–Trinajstić information content (AvgIpc) is 2.74. The van der Waals surface area contributed by atoms with E-state index in [-0.39, 0.29) is 0 Å². The van der Waals surface area contributed by atoms with E-state index in [2.05, 4.69) is 57.8 Å². The molecule has 5 rings (SSSR count). The van der Waals surface area contributed by atoms with E-state index in [1.807, 2.05) is 30.3 Å². The predicted molar refractivity (Wildman–Crippen MR) is 125 cm³/mol. The number of rotatable bonds is 7. The van der Waals surface area contributed by atoms with Crippen LogP contribution in [0.4, 0.5) is 5.69 Å². The van der Waals surface area contributed by atoms with E-state index in [4.69, 9.17) is 12.2 Å². The third-order valence-electron chi connectivity index (χ3n) is 6.39. The van der Waals surface area contributed by atoms with Gasteiger partial charge in [-0.05, 0) is 68.2 Å². The summed E-state index contributed by atoms with van der Waals surface area (Å²) in [4.78, 5) is 5.17. The molecule has 4 atom stereocenters. The molecule has 0 aromatic heterocycles. The van der Waals surface area contributed by atoms with Gasteiger partial charge in [-0.15, -0.1) is 0 Å². The molecule has 3 heterocycles. The summed E-state index contributed by atoms with van der Waals surface area (Å²) < 4.78 is 0. The molecule has 3 saturated heterocycles. The second kappa shape index (κ2) is 9.70. The molecule has 2 bridgehead atoms. The van der Waals surface area contributed by atoms with Gasteiger partial charge in [0.15, 0.2) is 5.11 Å². The number of fused-ring (bicyclic) bond motifs is 3. The van der Waals surface area contributed by atoms with Gasteiger partial charge in [0.2, 0.25) is 0 Å². The number of nitrogens with one attached hydrogen (secondary N) is 2. The van der Waals surface area contributed by atoms with Crippen LogP contribution in [0.15, 0.2) is 60.7 Å². The fourth-order valence-electron chi connectivity index (χ4n) is 4.94. The third kappa shape index (κ3) is 5.56. The minimum Gasteiger partial charge on any atom is -0.361 e. The molecule has 5 heteroatoms. The molecule has 0 aliphatic carbocycles. The van der Waals surface area contributed by atoms with Crippen LogP contribution in [0.1, 0.15) is 18.4 Å². The highest BCUT2D eigenvalue weighted by molar-refractivity contribution is 7.80. The molecule has 1 unspecified atom stereocenters. The lowest BCUT2D eigenvalue weighted by molar-refractivity contribution is -0.00845. The number of piperidine rings is 3. The number of thiocarbonyl (C=S) groups is 1. The first-order valence-electron chi connectivity index (χ1n) is 10.7. The Balaban J connectivity index is 1.23. The van der Waals surface area contributed by atoms with E-state index < -0.39 is 0 Å². The minimum absolute atomic E-state index is 0.597. The van der Waals surface area contributed by atoms with Gasteiger partial charge < -0.3 is 15.5 Å². The third-order valence-corrected chi connectivity index (χ3v) is 6.63. The first-order valence-corrected chi connectivity index (χ1v) is 11.1. The molecule has 2 aromatic rings. The maximum absolute atomic E-state index is 5.49. The largest absolute Gasteiger partial charge is 0.361 e. The Labute approximate surface area is 180 Å². The van der Waals surface area contributed by atoms with Gasteiger partial charge in [-0.2, -0.15) is 0 Å². The van der Waals surface area contributed by atoms with E-state index in [0.717, 1.165) is 35.7 Å². The molecule has 0 amide bonds. The van der Waals surface area contributed by atoms with E-state index >= 15 is 0 Å². The fourth-order valence-corrected chi connectivity index (χ4v) is 5.14. The molecule has 2 aromatic carbocycles. The SMILES string of the molecule is CN(Cc1ccccc1)C[C@@H]1CN2CC[C@H]1C[C@@H]2CNC(=S)Nc1ccccc1. The molecule has 4 nitrogen and oxygen atoms in total. The highest BCUT2D eigenvalue weighted by Gasteiger charge is 2.40. The molecule has 3 aliphatic heterocycles. The lowest BCUT2D eigenvalue weighted by atomic mass is 9.75. The van der Waals surface area contributed by atoms with Gasteiger partial charge in [0.05, 0.1) is 0 Å². The normalized spacial score (nSPS) is 25.7. The van der Waals surface area contributed by atoms with Crippen molar-refractivity contribution < 1.29 is 0 Å². The zero-order valence-corrected chi connectivity index (χ0v) is 18.1. The van der Waals surface area contributed by atoms with Crippen LogP contribution >= 0.6 is 12.2 Å². The average molecular weight is 409 g/mol. The number of benzene rings is 2. The summed E-state index contributed by atoms with van der Waals surface area (Å²) in [6.07, 6.45) is 2.62. The van der Waals surface area contributed by atoms with Crippen molar-refractivity contribution in [2.24, 2.45) is 11.8 Å². The van der Waals surface area contributed by atoms with E-state index in [1.165, 1.54) is 38.0 Å². The van der Waals surface area contributed by atoms with Gasteiger partial charge in [-0.1, -0.05) is 48.5 Å². The number of anilines is 1. The first-order chi connectivity index (χ1) is 14.2. The van der Waals surface area contributed by atoms with Gasteiger partial charge in [-0.25, -0.2) is 0 Å². The van der Waals surface area contributed by atoms with Gasteiger partial charge >= 0.3 is 0 Å². The van der Waals surface area contributed by atoms with Crippen molar-refractivity contribution in [3.63, 3.8) is 0 Å². The maximum Gasteiger partial charge on any atom is 0.170 e. The van der Waals surface area contributed by atoms with Gasteiger partial charge in [0.25, 0.3) is 0 Å². The van der Waals surface area contributed by atoms with Crippen LogP contribution in [-0.2, 0) is 6.54 Å². The second-order valence-corrected chi connectivity index (χ2v) is 8.98. The van der Waals surface area contributed by atoms with Crippen LogP contribution in [0.3, 0.4) is 0 Å². The lowest BCUT2D eigenvalue weighted by Gasteiger charge is -2.50. The summed E-state index contributed by atoms with van der Waals surface area (Å²) >= 11 is 5.49. The zero-order valence-electron chi connectivity index (χ0n) is 17.3. The molecule has 154 valence electrons. The summed E-state index contributed by atoms with van der Waals surface area (Å²) in [6, 6.07) is 21.5. The summed E-state index contributed by atoms with van der Waals surface area (Å²) in [5.41, 5.74) is 2.44. The van der Waals surface area contributed by atoms with Crippen LogP contribution in [0, 0.1) is 11.8 Å². The van der Waals surface area contributed by atoms with Crippen molar-refractivity contribution in [2.45, 2.75) is 25.4 Å². The lowest BCUT2D eigenvalue weighted by Crippen LogP contribution is -2.58. The summed E-state index contributed by atoms with van der Waals surface area (Å²) in [5.74, 6) is 1.61. The molecular weight excluding hydrogens is 376 g/mol. The molecular formula is C24H32N4S. The van der Waals surface area contributed by atoms with Crippen LogP contribution in [0.2, 0.25) is 0 Å². The Hall–Kier alpha value is -1.95. The second-order valence-electron chi connectivity index (χ2n) is 8.58. The Morgan fingerprint density at radius 3 is 2.52 bits per heavy atom. The smallest absolute Gasteiger partial charge is 0.170 e. The number of hydrogen-bond acceptors (Lipinski definition) is 3. The standard InChI is InChI=1S/C24H32N4S/c1-27(16-19-8-4-2-5-9-19)17-21-18-28-13-12-20(21)14-23(28)15-25-24(29)26-22-10-6-3-7-11-22/h2-11,20-21,23H,12-18H2,1H3,(H2,25,26,29)/t20-,21+,23+/m0/s1.